The molecule has 0 aromatic heterocycles. The number of imide groups is 2. The van der Waals surface area contributed by atoms with Gasteiger partial charge in [0, 0.05) is 47.2 Å². The van der Waals surface area contributed by atoms with Crippen LogP contribution in [0.15, 0.2) is 81.7 Å². The third-order valence-electron chi connectivity index (χ3n) is 11.9. The van der Waals surface area contributed by atoms with Crippen LogP contribution < -0.4 is 9.80 Å². The van der Waals surface area contributed by atoms with Crippen LogP contribution in [0, 0.1) is 0 Å². The number of fused-ring (bicyclic) bond motifs is 2. The van der Waals surface area contributed by atoms with E-state index in [1.807, 2.05) is 72.8 Å². The fraction of sp³-hybridized carbons (Fsp3) is 0.250. The highest BCUT2D eigenvalue weighted by Crippen LogP contribution is 2.52. The Hall–Kier alpha value is -4.92. The predicted molar refractivity (Wildman–Crippen MR) is 235 cm³/mol. The van der Waals surface area contributed by atoms with Gasteiger partial charge in [0.15, 0.2) is 0 Å². The van der Waals surface area contributed by atoms with Crippen LogP contribution in [0.25, 0.3) is 43.1 Å². The summed E-state index contributed by atoms with van der Waals surface area (Å²) >= 11 is 7.75. The third-order valence-corrected chi connectivity index (χ3v) is 14.0. The number of carbonyl (C=O) groups is 4. The maximum Gasteiger partial charge on any atom is 0.267 e. The van der Waals surface area contributed by atoms with Gasteiger partial charge in [-0.3, -0.25) is 19.2 Å². The predicted octanol–water partition coefficient (Wildman–Crippen LogP) is 13.4. The molecule has 2 heterocycles. The Bertz CT molecular complexity index is 2870. The second-order valence-corrected chi connectivity index (χ2v) is 18.0. The third kappa shape index (κ3) is 4.78. The van der Waals surface area contributed by atoms with Gasteiger partial charge in [0.05, 0.1) is 16.9 Å². The summed E-state index contributed by atoms with van der Waals surface area (Å²) in [7, 11) is 0. The summed E-state index contributed by atoms with van der Waals surface area (Å²) in [6, 6.07) is 23.4. The molecule has 0 unspecified atom stereocenters. The Kier molecular flexibility index (Phi) is 8.39. The van der Waals surface area contributed by atoms with Crippen LogP contribution in [0.3, 0.4) is 0 Å². The van der Waals surface area contributed by atoms with Crippen LogP contribution in [0.2, 0.25) is 0 Å². The Morgan fingerprint density at radius 1 is 0.393 bits per heavy atom. The van der Waals surface area contributed by atoms with Gasteiger partial charge in [0.2, 0.25) is 0 Å². The van der Waals surface area contributed by atoms with Crippen LogP contribution in [0.1, 0.15) is 143 Å². The molecule has 0 N–H and O–H groups in total. The molecule has 0 spiro atoms. The Balaban J connectivity index is 1.33. The van der Waals surface area contributed by atoms with Gasteiger partial charge < -0.3 is 0 Å². The minimum atomic E-state index is -0.386. The first-order chi connectivity index (χ1) is 26.7. The van der Waals surface area contributed by atoms with Crippen LogP contribution >= 0.6 is 31.9 Å². The highest BCUT2D eigenvalue weighted by molar-refractivity contribution is 9.13. The number of halogens is 2. The Morgan fingerprint density at radius 3 is 1.20 bits per heavy atom. The van der Waals surface area contributed by atoms with Crippen molar-refractivity contribution in [2.75, 3.05) is 9.80 Å². The molecule has 0 saturated carbocycles. The van der Waals surface area contributed by atoms with Crippen molar-refractivity contribution < 1.29 is 19.2 Å². The molecule has 2 aliphatic rings. The summed E-state index contributed by atoms with van der Waals surface area (Å²) in [6.45, 7) is 16.6. The van der Waals surface area contributed by atoms with E-state index in [9.17, 15) is 19.2 Å². The summed E-state index contributed by atoms with van der Waals surface area (Å²) in [5.74, 6) is -1.13. The van der Waals surface area contributed by atoms with E-state index < -0.39 is 0 Å². The Morgan fingerprint density at radius 2 is 0.768 bits per heavy atom. The van der Waals surface area contributed by atoms with Crippen molar-refractivity contribution in [2.45, 2.75) is 79.1 Å². The zero-order valence-corrected chi connectivity index (χ0v) is 35.7. The van der Waals surface area contributed by atoms with Crippen LogP contribution in [-0.4, -0.2) is 23.6 Å². The highest BCUT2D eigenvalue weighted by atomic mass is 79.9. The summed E-state index contributed by atoms with van der Waals surface area (Å²) in [6.07, 6.45) is 0. The maximum absolute atomic E-state index is 15.0. The molecule has 56 heavy (non-hydrogen) atoms. The number of para-hydroxylation sites is 2. The number of rotatable bonds is 6. The molecule has 4 amide bonds. The molecule has 280 valence electrons. The number of hydrogen-bond acceptors (Lipinski definition) is 4. The van der Waals surface area contributed by atoms with Crippen molar-refractivity contribution in [3.05, 3.63) is 126 Å². The zero-order chi connectivity index (χ0) is 39.8. The van der Waals surface area contributed by atoms with Gasteiger partial charge in [-0.15, -0.1) is 0 Å². The molecular formula is C48H40Br2N2O4. The second kappa shape index (κ2) is 12.8. The summed E-state index contributed by atoms with van der Waals surface area (Å²) in [5.41, 5.74) is 6.88. The van der Waals surface area contributed by atoms with E-state index in [1.54, 1.807) is 0 Å². The van der Waals surface area contributed by atoms with E-state index in [1.165, 1.54) is 9.80 Å². The topological polar surface area (TPSA) is 74.8 Å². The maximum atomic E-state index is 15.0. The second-order valence-electron chi connectivity index (χ2n) is 16.4. The van der Waals surface area contributed by atoms with Crippen molar-refractivity contribution in [1.82, 2.24) is 0 Å². The normalized spacial score (nSPS) is 14.6. The molecule has 8 heteroatoms. The lowest BCUT2D eigenvalue weighted by atomic mass is 9.81. The molecule has 0 aliphatic carbocycles. The minimum absolute atomic E-state index is 0.0721. The molecule has 7 aromatic rings. The molecule has 6 nitrogen and oxygen atoms in total. The van der Waals surface area contributed by atoms with E-state index in [0.717, 1.165) is 54.6 Å². The van der Waals surface area contributed by atoms with E-state index in [0.29, 0.717) is 53.3 Å². The van der Waals surface area contributed by atoms with E-state index in [4.69, 9.17) is 0 Å². The average Bonchev–Trinajstić information content (AvgIpc) is 3.16. The lowest BCUT2D eigenvalue weighted by molar-refractivity contribution is 0.0877. The molecule has 2 aliphatic heterocycles. The van der Waals surface area contributed by atoms with Gasteiger partial charge in [-0.2, -0.15) is 0 Å². The molecular weight excluding hydrogens is 828 g/mol. The van der Waals surface area contributed by atoms with Crippen molar-refractivity contribution in [3.63, 3.8) is 0 Å². The molecule has 0 saturated heterocycles. The smallest absolute Gasteiger partial charge is 0.267 e. The van der Waals surface area contributed by atoms with Gasteiger partial charge in [0.25, 0.3) is 23.6 Å². The Labute approximate surface area is 342 Å². The van der Waals surface area contributed by atoms with E-state index in [2.05, 4.69) is 87.2 Å². The number of amides is 4. The highest BCUT2D eigenvalue weighted by Gasteiger charge is 2.42. The fourth-order valence-electron chi connectivity index (χ4n) is 9.31. The number of nitrogens with zero attached hydrogens (tertiary/aromatic N) is 2. The summed E-state index contributed by atoms with van der Waals surface area (Å²) < 4.78 is 1.21. The number of hydrogen-bond donors (Lipinski definition) is 0. The minimum Gasteiger partial charge on any atom is -0.268 e. The molecule has 0 atom stereocenters. The molecule has 0 radical (unpaired) electrons. The van der Waals surface area contributed by atoms with E-state index >= 15 is 0 Å². The summed E-state index contributed by atoms with van der Waals surface area (Å²) in [5, 5.41) is 6.09. The van der Waals surface area contributed by atoms with Crippen LogP contribution in [0.5, 0.6) is 0 Å². The number of anilines is 2. The average molecular weight is 869 g/mol. The standard InChI is InChI=1S/C48H40Br2N2O4/c1-21(2)25-11-9-12-26(22(3)4)43(25)51-45(53)32-18-15-29-30-16-19-34-38-37(30)39(31-17-20-33(46(51)54)36(32)35(29)31)41(49)42(50)40(38)48(56)52(47(34)55)44-27(23(5)6)13-10-14-28(44)24(7)8/h9-24H,1-8H3. The fourth-order valence-corrected chi connectivity index (χ4v) is 10.5. The van der Waals surface area contributed by atoms with Crippen molar-refractivity contribution in [1.29, 1.82) is 0 Å². The molecule has 0 bridgehead atoms. The van der Waals surface area contributed by atoms with Gasteiger partial charge in [0.1, 0.15) is 0 Å². The van der Waals surface area contributed by atoms with Gasteiger partial charge in [-0.1, -0.05) is 110 Å². The lowest BCUT2D eigenvalue weighted by Gasteiger charge is -2.34. The SMILES string of the molecule is CC(C)c1cccc(C(C)C)c1N1C(=O)c2ccc3c4ccc5c6c(c(Br)c(Br)c(c7ccc(c2c37)C1=O)c64)C(=O)N(c1c(C(C)C)cccc1C(C)C)C5=O. The zero-order valence-electron chi connectivity index (χ0n) is 32.5. The number of carbonyl (C=O) groups excluding carboxylic acids is 4. The summed E-state index contributed by atoms with van der Waals surface area (Å²) in [4.78, 5) is 62.0. The van der Waals surface area contributed by atoms with Crippen LogP contribution in [0.4, 0.5) is 11.4 Å². The van der Waals surface area contributed by atoms with Crippen LogP contribution in [-0.2, 0) is 0 Å². The first-order valence-electron chi connectivity index (χ1n) is 19.3. The van der Waals surface area contributed by atoms with Gasteiger partial charge in [-0.25, -0.2) is 9.80 Å². The molecule has 9 rings (SSSR count). The number of benzene rings is 7. The largest absolute Gasteiger partial charge is 0.268 e. The van der Waals surface area contributed by atoms with Crippen molar-refractivity contribution in [2.24, 2.45) is 0 Å². The first-order valence-corrected chi connectivity index (χ1v) is 20.9. The van der Waals surface area contributed by atoms with Crippen molar-refractivity contribution in [3.8, 4) is 0 Å². The van der Waals surface area contributed by atoms with Gasteiger partial charge >= 0.3 is 0 Å². The monoisotopic (exact) mass is 866 g/mol. The molecule has 7 aromatic carbocycles. The first kappa shape index (κ1) is 36.7. The molecule has 0 fully saturated rings. The van der Waals surface area contributed by atoms with E-state index in [-0.39, 0.29) is 47.3 Å². The quantitative estimate of drug-likeness (QED) is 0.0948. The van der Waals surface area contributed by atoms with Crippen molar-refractivity contribution >= 4 is 110 Å². The van der Waals surface area contributed by atoms with Gasteiger partial charge in [-0.05, 0) is 118 Å². The lowest BCUT2D eigenvalue weighted by Crippen LogP contribution is -2.42.